The predicted octanol–water partition coefficient (Wildman–Crippen LogP) is 8.76. The van der Waals surface area contributed by atoms with Crippen LogP contribution < -0.4 is 16.0 Å². The molecular weight excluding hydrogens is 785 g/mol. The van der Waals surface area contributed by atoms with Crippen LogP contribution in [0.2, 0.25) is 0 Å². The van der Waals surface area contributed by atoms with E-state index in [1.165, 1.54) is 0 Å². The van der Waals surface area contributed by atoms with Gasteiger partial charge in [-0.15, -0.1) is 0 Å². The van der Waals surface area contributed by atoms with Crippen LogP contribution in [0.25, 0.3) is 21.5 Å². The number of nitrogens with one attached hydrogen (secondary N) is 3. The highest BCUT2D eigenvalue weighted by Gasteiger charge is 2.36. The number of rotatable bonds is 11. The summed E-state index contributed by atoms with van der Waals surface area (Å²) in [6, 6.07) is 28.3. The van der Waals surface area contributed by atoms with Crippen LogP contribution in [0, 0.1) is 0 Å². The molecule has 0 spiro atoms. The van der Waals surface area contributed by atoms with E-state index in [2.05, 4.69) is 87.4 Å². The highest BCUT2D eigenvalue weighted by atomic mass is 16.6. The van der Waals surface area contributed by atoms with Crippen molar-refractivity contribution in [3.05, 3.63) is 96.1 Å². The fraction of sp³-hybridized carbons (Fsp3) is 0.490. The average Bonchev–Trinajstić information content (AvgIpc) is 3.15. The Morgan fingerprint density at radius 1 is 0.677 bits per heavy atom. The number of piperazine rings is 1. The summed E-state index contributed by atoms with van der Waals surface area (Å²) in [4.78, 5) is 61.8. The first kappa shape index (κ1) is 47.4. The Hall–Kier alpha value is -5.69. The van der Waals surface area contributed by atoms with E-state index in [0.29, 0.717) is 38.9 Å². The maximum atomic E-state index is 14.1. The minimum Gasteiger partial charge on any atom is -0.444 e. The van der Waals surface area contributed by atoms with Gasteiger partial charge in [0.1, 0.15) is 16.8 Å². The molecule has 62 heavy (non-hydrogen) atoms. The molecule has 0 aromatic heterocycles. The summed E-state index contributed by atoms with van der Waals surface area (Å²) in [5.41, 5.74) is -0.195. The van der Waals surface area contributed by atoms with Crippen LogP contribution >= 0.6 is 0 Å². The molecule has 13 heteroatoms. The summed E-state index contributed by atoms with van der Waals surface area (Å²) in [6.45, 7) is 19.8. The first-order valence-corrected chi connectivity index (χ1v) is 21.6. The number of alkyl carbamates (subject to hydrolysis) is 3. The van der Waals surface area contributed by atoms with Gasteiger partial charge >= 0.3 is 18.3 Å². The van der Waals surface area contributed by atoms with Crippen molar-refractivity contribution >= 4 is 51.7 Å². The van der Waals surface area contributed by atoms with Crippen LogP contribution in [-0.4, -0.2) is 101 Å². The number of nitrogens with zero attached hydrogens (tertiary/aromatic N) is 3. The molecule has 1 heterocycles. The predicted molar refractivity (Wildman–Crippen MR) is 245 cm³/mol. The Morgan fingerprint density at radius 2 is 1.18 bits per heavy atom. The van der Waals surface area contributed by atoms with E-state index >= 15 is 0 Å². The van der Waals surface area contributed by atoms with E-state index in [9.17, 15) is 19.2 Å². The van der Waals surface area contributed by atoms with Crippen molar-refractivity contribution in [2.75, 3.05) is 26.2 Å². The third-order valence-electron chi connectivity index (χ3n) is 10.1. The Balaban J connectivity index is 1.39. The topological polar surface area (TPSA) is 151 Å². The Bertz CT molecular complexity index is 2190. The molecule has 1 fully saturated rings. The zero-order chi connectivity index (χ0) is 45.2. The summed E-state index contributed by atoms with van der Waals surface area (Å²) in [5, 5.41) is 12.8. The molecule has 4 aromatic rings. The molecule has 0 saturated carbocycles. The van der Waals surface area contributed by atoms with Crippen LogP contribution in [0.15, 0.2) is 89.9 Å². The molecule has 0 aliphatic carbocycles. The molecule has 3 unspecified atom stereocenters. The van der Waals surface area contributed by atoms with E-state index < -0.39 is 35.1 Å². The molecule has 5 rings (SSSR count). The van der Waals surface area contributed by atoms with Crippen molar-refractivity contribution in [3.8, 4) is 0 Å². The van der Waals surface area contributed by atoms with E-state index in [1.807, 2.05) is 56.0 Å². The van der Waals surface area contributed by atoms with E-state index in [1.54, 1.807) is 41.5 Å². The number of aliphatic imine (C=N–C) groups is 1. The molecule has 334 valence electrons. The van der Waals surface area contributed by atoms with Crippen molar-refractivity contribution in [2.24, 2.45) is 4.99 Å². The summed E-state index contributed by atoms with van der Waals surface area (Å²) < 4.78 is 16.6. The number of ether oxygens (including phenoxy) is 3. The molecule has 1 aliphatic heterocycles. The van der Waals surface area contributed by atoms with Gasteiger partial charge in [-0.2, -0.15) is 0 Å². The van der Waals surface area contributed by atoms with Gasteiger partial charge in [-0.25, -0.2) is 14.4 Å². The van der Waals surface area contributed by atoms with Gasteiger partial charge in [-0.05, 0) is 121 Å². The normalized spacial score (nSPS) is 16.6. The van der Waals surface area contributed by atoms with E-state index in [4.69, 9.17) is 14.2 Å². The number of fused-ring (bicyclic) bond motifs is 2. The number of amides is 4. The molecule has 13 nitrogen and oxygen atoms in total. The second-order valence-electron chi connectivity index (χ2n) is 19.2. The molecule has 4 amide bonds. The summed E-state index contributed by atoms with van der Waals surface area (Å²) in [5.74, 6) is -0.0497. The summed E-state index contributed by atoms with van der Waals surface area (Å²) >= 11 is 0. The largest absolute Gasteiger partial charge is 0.444 e. The first-order valence-electron chi connectivity index (χ1n) is 21.6. The van der Waals surface area contributed by atoms with Gasteiger partial charge in [-0.1, -0.05) is 84.9 Å². The summed E-state index contributed by atoms with van der Waals surface area (Å²) in [7, 11) is 0. The van der Waals surface area contributed by atoms with Crippen molar-refractivity contribution < 1.29 is 33.4 Å². The standard InChI is InChI=1S/C49H66N6O7/c1-33-30-54(42(56)29-35-22-24-37-17-12-14-19-39(37)27-35)32-41(20-15-25-50-43(52-45(58)61-48(5,6)7)53-46(59)62-49(8,9)10)55(33)31-40(51-44(57)60-47(2,3)4)28-34-21-23-36-16-11-13-18-38(36)26-34/h11-14,16-19,21-24,26-27,33,40-41H,15,20,25,28-32H2,1-10H3,(H,51,57)(H2,50,52,53,58,59). The maximum Gasteiger partial charge on any atom is 0.414 e. The van der Waals surface area contributed by atoms with E-state index in [0.717, 1.165) is 32.7 Å². The number of carbonyl (C=O) groups excluding carboxylic acids is 4. The Labute approximate surface area is 366 Å². The highest BCUT2D eigenvalue weighted by Crippen LogP contribution is 2.24. The van der Waals surface area contributed by atoms with Crippen LogP contribution in [0.3, 0.4) is 0 Å². The van der Waals surface area contributed by atoms with Gasteiger partial charge in [0.15, 0.2) is 0 Å². The van der Waals surface area contributed by atoms with Crippen LogP contribution in [0.5, 0.6) is 0 Å². The van der Waals surface area contributed by atoms with Crippen LogP contribution in [-0.2, 0) is 31.8 Å². The minimum absolute atomic E-state index is 0.0415. The van der Waals surface area contributed by atoms with E-state index in [-0.39, 0.29) is 43.0 Å². The van der Waals surface area contributed by atoms with Gasteiger partial charge in [-0.3, -0.25) is 25.3 Å². The van der Waals surface area contributed by atoms with Crippen molar-refractivity contribution in [2.45, 2.75) is 130 Å². The maximum absolute atomic E-state index is 14.1. The number of carbonyl (C=O) groups is 4. The van der Waals surface area contributed by atoms with Gasteiger partial charge < -0.3 is 24.4 Å². The molecule has 3 N–H and O–H groups in total. The second kappa shape index (κ2) is 20.5. The van der Waals surface area contributed by atoms with Gasteiger partial charge in [0.25, 0.3) is 0 Å². The molecule has 1 saturated heterocycles. The fourth-order valence-corrected chi connectivity index (χ4v) is 7.61. The van der Waals surface area contributed by atoms with Crippen LogP contribution in [0.1, 0.15) is 93.2 Å². The lowest BCUT2D eigenvalue weighted by Crippen LogP contribution is -2.62. The highest BCUT2D eigenvalue weighted by molar-refractivity contribution is 6.01. The van der Waals surface area contributed by atoms with Gasteiger partial charge in [0.05, 0.1) is 6.42 Å². The number of hydrogen-bond donors (Lipinski definition) is 3. The quantitative estimate of drug-likeness (QED) is 0.0587. The molecule has 4 aromatic carbocycles. The van der Waals surface area contributed by atoms with Crippen LogP contribution in [0.4, 0.5) is 14.4 Å². The van der Waals surface area contributed by atoms with Gasteiger partial charge in [0.2, 0.25) is 11.9 Å². The number of guanidine groups is 1. The lowest BCUT2D eigenvalue weighted by molar-refractivity contribution is -0.135. The smallest absolute Gasteiger partial charge is 0.414 e. The van der Waals surface area contributed by atoms with Gasteiger partial charge in [0, 0.05) is 44.3 Å². The SMILES string of the molecule is CC1CN(C(=O)Cc2ccc3ccccc3c2)CC(CCCN=C(NC(=O)OC(C)(C)C)NC(=O)OC(C)(C)C)N1CC(Cc1ccc2ccccc2c1)NC(=O)OC(C)(C)C. The monoisotopic (exact) mass is 850 g/mol. The first-order chi connectivity index (χ1) is 29.1. The minimum atomic E-state index is -0.773. The Kier molecular flexibility index (Phi) is 15.6. The molecule has 0 bridgehead atoms. The Morgan fingerprint density at radius 3 is 1.73 bits per heavy atom. The van der Waals surface area contributed by atoms with Crippen molar-refractivity contribution in [3.63, 3.8) is 0 Å². The molecular formula is C49H66N6O7. The zero-order valence-corrected chi connectivity index (χ0v) is 38.2. The fourth-order valence-electron chi connectivity index (χ4n) is 7.61. The lowest BCUT2D eigenvalue weighted by Gasteiger charge is -2.47. The number of hydrogen-bond acceptors (Lipinski definition) is 9. The average molecular weight is 851 g/mol. The third-order valence-corrected chi connectivity index (χ3v) is 10.1. The second-order valence-corrected chi connectivity index (χ2v) is 19.2. The third kappa shape index (κ3) is 15.3. The molecule has 3 atom stereocenters. The molecule has 1 aliphatic rings. The number of benzene rings is 4. The lowest BCUT2D eigenvalue weighted by atomic mass is 9.97. The zero-order valence-electron chi connectivity index (χ0n) is 38.2. The molecule has 0 radical (unpaired) electrons. The summed E-state index contributed by atoms with van der Waals surface area (Å²) in [6.07, 6.45) is -0.0288. The van der Waals surface area contributed by atoms with Crippen molar-refractivity contribution in [1.82, 2.24) is 25.8 Å². The van der Waals surface area contributed by atoms with Crippen molar-refractivity contribution in [1.29, 1.82) is 0 Å².